The standard InChI is InChI=1S/C12H22F3N3O/c1-9(2)10(16)7-11(19)18-5-3-17(4-6-18)8-12(13,14)15/h9-10H,3-8,16H2,1-2H3. The lowest BCUT2D eigenvalue weighted by molar-refractivity contribution is -0.151. The van der Waals surface area contributed by atoms with Gasteiger partial charge >= 0.3 is 6.18 Å². The molecule has 0 aromatic rings. The van der Waals surface area contributed by atoms with Crippen molar-refractivity contribution in [3.63, 3.8) is 0 Å². The zero-order chi connectivity index (χ0) is 14.6. The van der Waals surface area contributed by atoms with Gasteiger partial charge in [0, 0.05) is 38.6 Å². The predicted molar refractivity (Wildman–Crippen MR) is 66.5 cm³/mol. The molecule has 1 atom stereocenters. The van der Waals surface area contributed by atoms with Crippen LogP contribution < -0.4 is 5.73 Å². The Hall–Kier alpha value is -0.820. The summed E-state index contributed by atoms with van der Waals surface area (Å²) in [5.74, 6) is 0.156. The average Bonchev–Trinajstić information content (AvgIpc) is 2.27. The second kappa shape index (κ2) is 6.56. The van der Waals surface area contributed by atoms with Gasteiger partial charge in [-0.25, -0.2) is 0 Å². The van der Waals surface area contributed by atoms with Crippen LogP contribution in [0.15, 0.2) is 0 Å². The van der Waals surface area contributed by atoms with Gasteiger partial charge in [-0.05, 0) is 5.92 Å². The highest BCUT2D eigenvalue weighted by molar-refractivity contribution is 5.77. The SMILES string of the molecule is CC(C)C(N)CC(=O)N1CCN(CC(F)(F)F)CC1. The molecule has 1 saturated heterocycles. The van der Waals surface area contributed by atoms with Crippen LogP contribution in [-0.4, -0.2) is 60.6 Å². The molecule has 1 amide bonds. The average molecular weight is 281 g/mol. The lowest BCUT2D eigenvalue weighted by Crippen LogP contribution is -2.51. The van der Waals surface area contributed by atoms with Gasteiger partial charge in [0.2, 0.25) is 5.91 Å². The summed E-state index contributed by atoms with van der Waals surface area (Å²) in [6.07, 6.45) is -3.91. The van der Waals surface area contributed by atoms with Crippen molar-refractivity contribution in [1.82, 2.24) is 9.80 Å². The van der Waals surface area contributed by atoms with Gasteiger partial charge in [-0.3, -0.25) is 9.69 Å². The summed E-state index contributed by atoms with van der Waals surface area (Å²) in [6, 6.07) is -0.194. The van der Waals surface area contributed by atoms with Crippen LogP contribution in [-0.2, 0) is 4.79 Å². The summed E-state index contributed by atoms with van der Waals surface area (Å²) in [5, 5.41) is 0. The van der Waals surface area contributed by atoms with Crippen molar-refractivity contribution in [3.8, 4) is 0 Å². The number of hydrogen-bond donors (Lipinski definition) is 1. The number of nitrogens with two attached hydrogens (primary N) is 1. The van der Waals surface area contributed by atoms with E-state index >= 15 is 0 Å². The summed E-state index contributed by atoms with van der Waals surface area (Å²) >= 11 is 0. The van der Waals surface area contributed by atoms with Crippen molar-refractivity contribution >= 4 is 5.91 Å². The Morgan fingerprint density at radius 1 is 1.21 bits per heavy atom. The number of nitrogens with zero attached hydrogens (tertiary/aromatic N) is 2. The fourth-order valence-corrected chi connectivity index (χ4v) is 1.98. The Morgan fingerprint density at radius 3 is 2.16 bits per heavy atom. The van der Waals surface area contributed by atoms with Crippen LogP contribution >= 0.6 is 0 Å². The Kier molecular flexibility index (Phi) is 5.61. The first-order valence-corrected chi connectivity index (χ1v) is 6.51. The van der Waals surface area contributed by atoms with E-state index in [1.807, 2.05) is 13.8 Å². The molecule has 0 aliphatic carbocycles. The number of carbonyl (C=O) groups is 1. The Bertz CT molecular complexity index is 299. The van der Waals surface area contributed by atoms with Crippen LogP contribution in [0.1, 0.15) is 20.3 Å². The Labute approximate surface area is 111 Å². The minimum atomic E-state index is -4.17. The summed E-state index contributed by atoms with van der Waals surface area (Å²) < 4.78 is 36.7. The molecule has 1 heterocycles. The molecule has 0 aromatic carbocycles. The fraction of sp³-hybridized carbons (Fsp3) is 0.917. The van der Waals surface area contributed by atoms with E-state index in [-0.39, 0.29) is 37.4 Å². The minimum Gasteiger partial charge on any atom is -0.340 e. The zero-order valence-electron chi connectivity index (χ0n) is 11.4. The molecule has 0 radical (unpaired) electrons. The molecule has 1 unspecified atom stereocenters. The number of carbonyl (C=O) groups excluding carboxylic acids is 1. The largest absolute Gasteiger partial charge is 0.401 e. The molecule has 2 N–H and O–H groups in total. The molecule has 0 spiro atoms. The molecule has 7 heteroatoms. The highest BCUT2D eigenvalue weighted by Crippen LogP contribution is 2.17. The molecular formula is C12H22F3N3O. The fourth-order valence-electron chi connectivity index (χ4n) is 1.98. The summed E-state index contributed by atoms with van der Waals surface area (Å²) in [6.45, 7) is 4.21. The van der Waals surface area contributed by atoms with Gasteiger partial charge < -0.3 is 10.6 Å². The maximum absolute atomic E-state index is 12.2. The molecular weight excluding hydrogens is 259 g/mol. The normalized spacial score (nSPS) is 19.8. The summed E-state index contributed by atoms with van der Waals surface area (Å²) in [5.41, 5.74) is 5.83. The van der Waals surface area contributed by atoms with E-state index in [1.165, 1.54) is 4.90 Å². The van der Waals surface area contributed by atoms with Gasteiger partial charge in [0.05, 0.1) is 6.54 Å². The van der Waals surface area contributed by atoms with Crippen molar-refractivity contribution in [2.24, 2.45) is 11.7 Å². The van der Waals surface area contributed by atoms with Crippen molar-refractivity contribution in [2.75, 3.05) is 32.7 Å². The highest BCUT2D eigenvalue weighted by atomic mass is 19.4. The molecule has 0 bridgehead atoms. The summed E-state index contributed by atoms with van der Waals surface area (Å²) in [4.78, 5) is 14.8. The van der Waals surface area contributed by atoms with Crippen LogP contribution in [0.5, 0.6) is 0 Å². The van der Waals surface area contributed by atoms with E-state index in [0.717, 1.165) is 0 Å². The molecule has 4 nitrogen and oxygen atoms in total. The number of rotatable bonds is 4. The van der Waals surface area contributed by atoms with E-state index in [1.54, 1.807) is 4.90 Å². The van der Waals surface area contributed by atoms with E-state index in [2.05, 4.69) is 0 Å². The van der Waals surface area contributed by atoms with Crippen LogP contribution in [0.2, 0.25) is 0 Å². The molecule has 0 aromatic heterocycles. The molecule has 112 valence electrons. The quantitative estimate of drug-likeness (QED) is 0.838. The molecule has 1 aliphatic rings. The van der Waals surface area contributed by atoms with E-state index in [4.69, 9.17) is 5.73 Å². The first-order chi connectivity index (χ1) is 8.69. The van der Waals surface area contributed by atoms with Gasteiger partial charge in [-0.1, -0.05) is 13.8 Å². The number of halogens is 3. The third-order valence-corrected chi connectivity index (χ3v) is 3.39. The van der Waals surface area contributed by atoms with Gasteiger partial charge in [-0.15, -0.1) is 0 Å². The Morgan fingerprint density at radius 2 is 1.74 bits per heavy atom. The van der Waals surface area contributed by atoms with Gasteiger partial charge in [0.1, 0.15) is 0 Å². The predicted octanol–water partition coefficient (Wildman–Crippen LogP) is 1.07. The van der Waals surface area contributed by atoms with Crippen molar-refractivity contribution < 1.29 is 18.0 Å². The van der Waals surface area contributed by atoms with Crippen LogP contribution in [0.4, 0.5) is 13.2 Å². The lowest BCUT2D eigenvalue weighted by Gasteiger charge is -2.35. The van der Waals surface area contributed by atoms with Gasteiger partial charge in [-0.2, -0.15) is 13.2 Å². The van der Waals surface area contributed by atoms with Crippen molar-refractivity contribution in [3.05, 3.63) is 0 Å². The first kappa shape index (κ1) is 16.2. The van der Waals surface area contributed by atoms with Crippen LogP contribution in [0, 0.1) is 5.92 Å². The second-order valence-corrected chi connectivity index (χ2v) is 5.38. The number of piperazine rings is 1. The maximum Gasteiger partial charge on any atom is 0.401 e. The van der Waals surface area contributed by atoms with Crippen LogP contribution in [0.25, 0.3) is 0 Å². The molecule has 0 saturated carbocycles. The lowest BCUT2D eigenvalue weighted by atomic mass is 10.0. The number of alkyl halides is 3. The number of amides is 1. The zero-order valence-corrected chi connectivity index (χ0v) is 11.4. The third-order valence-electron chi connectivity index (χ3n) is 3.39. The second-order valence-electron chi connectivity index (χ2n) is 5.38. The third kappa shape index (κ3) is 5.78. The van der Waals surface area contributed by atoms with E-state index in [0.29, 0.717) is 13.1 Å². The minimum absolute atomic E-state index is 0.0622. The maximum atomic E-state index is 12.2. The Balaban J connectivity index is 2.35. The topological polar surface area (TPSA) is 49.6 Å². The monoisotopic (exact) mass is 281 g/mol. The van der Waals surface area contributed by atoms with E-state index < -0.39 is 12.7 Å². The highest BCUT2D eigenvalue weighted by Gasteiger charge is 2.33. The van der Waals surface area contributed by atoms with Gasteiger partial charge in [0.15, 0.2) is 0 Å². The first-order valence-electron chi connectivity index (χ1n) is 6.51. The van der Waals surface area contributed by atoms with Gasteiger partial charge in [0.25, 0.3) is 0 Å². The molecule has 1 fully saturated rings. The van der Waals surface area contributed by atoms with Crippen molar-refractivity contribution in [1.29, 1.82) is 0 Å². The summed E-state index contributed by atoms with van der Waals surface area (Å²) in [7, 11) is 0. The molecule has 19 heavy (non-hydrogen) atoms. The van der Waals surface area contributed by atoms with Crippen molar-refractivity contribution in [2.45, 2.75) is 32.5 Å². The van der Waals surface area contributed by atoms with Crippen LogP contribution in [0.3, 0.4) is 0 Å². The smallest absolute Gasteiger partial charge is 0.340 e. The molecule has 1 rings (SSSR count). The molecule has 1 aliphatic heterocycles. The van der Waals surface area contributed by atoms with E-state index in [9.17, 15) is 18.0 Å². The number of hydrogen-bond acceptors (Lipinski definition) is 3.